The van der Waals surface area contributed by atoms with E-state index in [0.717, 1.165) is 24.2 Å². The van der Waals surface area contributed by atoms with Crippen LogP contribution in [-0.4, -0.2) is 21.8 Å². The molecule has 0 aliphatic heterocycles. The van der Waals surface area contributed by atoms with E-state index in [-0.39, 0.29) is 5.24 Å². The Bertz CT molecular complexity index is 484. The van der Waals surface area contributed by atoms with Gasteiger partial charge in [-0.3, -0.25) is 4.79 Å². The van der Waals surface area contributed by atoms with Crippen LogP contribution in [0.2, 0.25) is 0 Å². The van der Waals surface area contributed by atoms with Crippen LogP contribution in [0.5, 0.6) is 0 Å². The van der Waals surface area contributed by atoms with Gasteiger partial charge in [0.05, 0.1) is 12.0 Å². The van der Waals surface area contributed by atoms with Crippen LogP contribution in [0.1, 0.15) is 12.1 Å². The van der Waals surface area contributed by atoms with E-state index in [0.29, 0.717) is 6.54 Å². The molecule has 18 heavy (non-hydrogen) atoms. The minimum Gasteiger partial charge on any atom is -0.351 e. The van der Waals surface area contributed by atoms with Crippen LogP contribution in [0.15, 0.2) is 42.9 Å². The van der Waals surface area contributed by atoms with Gasteiger partial charge in [-0.15, -0.1) is 0 Å². The van der Waals surface area contributed by atoms with Crippen molar-refractivity contribution in [3.63, 3.8) is 0 Å². The van der Waals surface area contributed by atoms with Gasteiger partial charge < -0.3 is 9.88 Å². The van der Waals surface area contributed by atoms with E-state index in [1.807, 2.05) is 36.5 Å². The molecule has 94 valence electrons. The lowest BCUT2D eigenvalue weighted by atomic mass is 10.2. The summed E-state index contributed by atoms with van der Waals surface area (Å²) in [4.78, 5) is 20.2. The van der Waals surface area contributed by atoms with Gasteiger partial charge >= 0.3 is 0 Å². The van der Waals surface area contributed by atoms with Gasteiger partial charge in [0.15, 0.2) is 0 Å². The monoisotopic (exact) mass is 261 g/mol. The Labute approximate surface area is 111 Å². The molecule has 1 aromatic carbocycles. The van der Waals surface area contributed by atoms with Crippen LogP contribution < -0.4 is 4.90 Å². The van der Waals surface area contributed by atoms with Crippen LogP contribution in [0.25, 0.3) is 0 Å². The molecule has 0 fully saturated rings. The summed E-state index contributed by atoms with van der Waals surface area (Å²) in [6, 6.07) is 9.55. The maximum atomic E-state index is 11.5. The van der Waals surface area contributed by atoms with Crippen molar-refractivity contribution in [1.82, 2.24) is 9.97 Å². The molecule has 0 radical (unpaired) electrons. The Morgan fingerprint density at radius 2 is 2.11 bits per heavy atom. The zero-order valence-electron chi connectivity index (χ0n) is 9.91. The van der Waals surface area contributed by atoms with Crippen molar-refractivity contribution >= 4 is 23.6 Å². The van der Waals surface area contributed by atoms with Gasteiger partial charge in [0.1, 0.15) is 0 Å². The molecule has 0 bridgehead atoms. The number of nitrogens with zero attached hydrogens (tertiary/aromatic N) is 2. The minimum atomic E-state index is -0.233. The second-order valence-corrected chi connectivity index (χ2v) is 4.32. The van der Waals surface area contributed by atoms with Crippen LogP contribution >= 0.6 is 12.6 Å². The first-order valence-electron chi connectivity index (χ1n) is 5.80. The van der Waals surface area contributed by atoms with Crippen molar-refractivity contribution in [3.8, 4) is 0 Å². The highest BCUT2D eigenvalue weighted by Gasteiger charge is 2.11. The Morgan fingerprint density at radius 3 is 2.72 bits per heavy atom. The van der Waals surface area contributed by atoms with Crippen molar-refractivity contribution < 1.29 is 4.79 Å². The predicted octanol–water partition coefficient (Wildman–Crippen LogP) is 2.90. The number of hydrogen-bond donors (Lipinski definition) is 2. The zero-order valence-corrected chi connectivity index (χ0v) is 10.8. The van der Waals surface area contributed by atoms with E-state index in [1.54, 1.807) is 11.2 Å². The number of para-hydroxylation sites is 1. The molecule has 1 N–H and O–H groups in total. The second kappa shape index (κ2) is 6.26. The quantitative estimate of drug-likeness (QED) is 0.813. The number of aromatic amines is 1. The number of hydrogen-bond acceptors (Lipinski definition) is 2. The topological polar surface area (TPSA) is 49.0 Å². The van der Waals surface area contributed by atoms with Crippen molar-refractivity contribution in [2.45, 2.75) is 12.8 Å². The molecule has 0 saturated heterocycles. The average molecular weight is 261 g/mol. The highest BCUT2D eigenvalue weighted by molar-refractivity contribution is 7.96. The van der Waals surface area contributed by atoms with E-state index in [1.165, 1.54) is 0 Å². The molecular formula is C13H15N3OS. The molecule has 2 rings (SSSR count). The number of H-pyrrole nitrogens is 1. The number of carbonyl (C=O) groups excluding carboxylic acids is 1. The number of anilines is 1. The summed E-state index contributed by atoms with van der Waals surface area (Å²) in [6.45, 7) is 0.638. The van der Waals surface area contributed by atoms with Gasteiger partial charge in [-0.1, -0.05) is 30.8 Å². The lowest BCUT2D eigenvalue weighted by Gasteiger charge is -2.20. The number of aromatic nitrogens is 2. The normalized spacial score (nSPS) is 10.3. The molecule has 0 atom stereocenters. The molecule has 0 unspecified atom stereocenters. The Balaban J connectivity index is 1.93. The number of rotatable bonds is 5. The third-order valence-corrected chi connectivity index (χ3v) is 2.91. The summed E-state index contributed by atoms with van der Waals surface area (Å²) in [7, 11) is 0. The van der Waals surface area contributed by atoms with Crippen molar-refractivity contribution in [1.29, 1.82) is 0 Å². The largest absolute Gasteiger partial charge is 0.351 e. The first-order valence-corrected chi connectivity index (χ1v) is 6.25. The smallest absolute Gasteiger partial charge is 0.282 e. The molecule has 1 heterocycles. The third kappa shape index (κ3) is 3.37. The van der Waals surface area contributed by atoms with Gasteiger partial charge in [-0.2, -0.15) is 0 Å². The van der Waals surface area contributed by atoms with Crippen molar-refractivity contribution in [2.24, 2.45) is 0 Å². The van der Waals surface area contributed by atoms with Gasteiger partial charge in [0, 0.05) is 18.4 Å². The fraction of sp³-hybridized carbons (Fsp3) is 0.231. The van der Waals surface area contributed by atoms with Gasteiger partial charge in [0.2, 0.25) is 0 Å². The molecule has 4 nitrogen and oxygen atoms in total. The third-order valence-electron chi connectivity index (χ3n) is 2.67. The second-order valence-electron chi connectivity index (χ2n) is 3.93. The van der Waals surface area contributed by atoms with Crippen molar-refractivity contribution in [3.05, 3.63) is 48.5 Å². The summed E-state index contributed by atoms with van der Waals surface area (Å²) < 4.78 is 0. The fourth-order valence-electron chi connectivity index (χ4n) is 1.79. The number of aryl methyl sites for hydroxylation is 1. The number of imidazole rings is 1. The van der Waals surface area contributed by atoms with Crippen LogP contribution in [-0.2, 0) is 6.42 Å². The Morgan fingerprint density at radius 1 is 1.33 bits per heavy atom. The molecule has 5 heteroatoms. The molecular weight excluding hydrogens is 246 g/mol. The molecule has 1 amide bonds. The maximum absolute atomic E-state index is 11.5. The summed E-state index contributed by atoms with van der Waals surface area (Å²) in [6.07, 6.45) is 5.23. The summed E-state index contributed by atoms with van der Waals surface area (Å²) >= 11 is 3.92. The number of carbonyl (C=O) groups is 1. The SMILES string of the molecule is O=C(S)N(CCCc1c[nH]cn1)c1ccccc1. The number of amides is 1. The zero-order chi connectivity index (χ0) is 12.8. The molecule has 0 aliphatic carbocycles. The van der Waals surface area contributed by atoms with Gasteiger partial charge in [-0.25, -0.2) is 4.98 Å². The molecule has 0 saturated carbocycles. The highest BCUT2D eigenvalue weighted by atomic mass is 32.1. The molecule has 0 aliphatic rings. The van der Waals surface area contributed by atoms with E-state index >= 15 is 0 Å². The summed E-state index contributed by atoms with van der Waals surface area (Å²) in [5.74, 6) is 0. The van der Waals surface area contributed by atoms with Crippen LogP contribution in [0, 0.1) is 0 Å². The van der Waals surface area contributed by atoms with Crippen LogP contribution in [0.3, 0.4) is 0 Å². The maximum Gasteiger partial charge on any atom is 0.282 e. The number of benzene rings is 1. The Hall–Kier alpha value is -1.75. The molecule has 0 spiro atoms. The van der Waals surface area contributed by atoms with E-state index < -0.39 is 0 Å². The molecule has 1 aromatic heterocycles. The summed E-state index contributed by atoms with van der Waals surface area (Å²) in [5.41, 5.74) is 1.88. The van der Waals surface area contributed by atoms with Gasteiger partial charge in [-0.05, 0) is 25.0 Å². The van der Waals surface area contributed by atoms with Gasteiger partial charge in [0.25, 0.3) is 5.24 Å². The number of thiol groups is 1. The first kappa shape index (κ1) is 12.7. The lowest BCUT2D eigenvalue weighted by Crippen LogP contribution is -2.27. The average Bonchev–Trinajstić information content (AvgIpc) is 2.88. The summed E-state index contributed by atoms with van der Waals surface area (Å²) in [5, 5.41) is -0.233. The van der Waals surface area contributed by atoms with Crippen molar-refractivity contribution in [2.75, 3.05) is 11.4 Å². The van der Waals surface area contributed by atoms with E-state index in [9.17, 15) is 4.79 Å². The van der Waals surface area contributed by atoms with E-state index in [2.05, 4.69) is 22.6 Å². The predicted molar refractivity (Wildman–Crippen MR) is 75.1 cm³/mol. The number of nitrogens with one attached hydrogen (secondary N) is 1. The molecule has 2 aromatic rings. The fourth-order valence-corrected chi connectivity index (χ4v) is 2.00. The lowest BCUT2D eigenvalue weighted by molar-refractivity contribution is 0.265. The Kier molecular flexibility index (Phi) is 4.41. The van der Waals surface area contributed by atoms with Crippen LogP contribution in [0.4, 0.5) is 10.5 Å². The first-order chi connectivity index (χ1) is 8.77. The highest BCUT2D eigenvalue weighted by Crippen LogP contribution is 2.16. The standard InChI is InChI=1S/C13H15N3OS/c17-13(18)16(12-6-2-1-3-7-12)8-4-5-11-9-14-10-15-11/h1-3,6-7,9-10H,4-5,8H2,(H,14,15)(H,17,18). The van der Waals surface area contributed by atoms with E-state index in [4.69, 9.17) is 0 Å². The minimum absolute atomic E-state index is 0.233.